The molecule has 0 heterocycles. The molecular formula is C9H22O3S2Si. The van der Waals surface area contributed by atoms with Crippen LogP contribution in [0.25, 0.3) is 0 Å². The topological polar surface area (TPSA) is 27.7 Å². The lowest BCUT2D eigenvalue weighted by molar-refractivity contribution is 0.0966. The van der Waals surface area contributed by atoms with Crippen LogP contribution in [0.4, 0.5) is 0 Å². The van der Waals surface area contributed by atoms with Crippen LogP contribution in [0.1, 0.15) is 27.2 Å². The van der Waals surface area contributed by atoms with E-state index in [9.17, 15) is 0 Å². The van der Waals surface area contributed by atoms with E-state index >= 15 is 0 Å². The van der Waals surface area contributed by atoms with Gasteiger partial charge in [-0.25, -0.2) is 0 Å². The Balaban J connectivity index is 4.18. The average Bonchev–Trinajstić information content (AvgIpc) is 2.19. The first-order valence-corrected chi connectivity index (χ1v) is 9.48. The van der Waals surface area contributed by atoms with Gasteiger partial charge in [-0.15, -0.1) is 0 Å². The lowest BCUT2D eigenvalue weighted by Crippen LogP contribution is -2.43. The molecule has 0 aliphatic rings. The molecule has 0 rings (SSSR count). The largest absolute Gasteiger partial charge is 0.573 e. The van der Waals surface area contributed by atoms with Gasteiger partial charge in [0.15, 0.2) is 0 Å². The van der Waals surface area contributed by atoms with E-state index in [1.807, 2.05) is 20.8 Å². The lowest BCUT2D eigenvalue weighted by atomic mass is 10.6. The van der Waals surface area contributed by atoms with Crippen molar-refractivity contribution in [2.45, 2.75) is 27.2 Å². The predicted octanol–water partition coefficient (Wildman–Crippen LogP) is 2.58. The molecule has 0 aliphatic carbocycles. The molecular weight excluding hydrogens is 248 g/mol. The van der Waals surface area contributed by atoms with Gasteiger partial charge in [-0.2, -0.15) is 12.6 Å². The second kappa shape index (κ2) is 9.98. The summed E-state index contributed by atoms with van der Waals surface area (Å²) in [5.41, 5.74) is 0. The Kier molecular flexibility index (Phi) is 10.5. The maximum absolute atomic E-state index is 5.69. The minimum Gasteiger partial charge on any atom is -0.366 e. The molecule has 0 aromatic rings. The van der Waals surface area contributed by atoms with Gasteiger partial charge in [0, 0.05) is 19.8 Å². The van der Waals surface area contributed by atoms with Crippen LogP contribution < -0.4 is 0 Å². The molecule has 0 aromatic heterocycles. The third-order valence-corrected chi connectivity index (χ3v) is 7.37. The predicted molar refractivity (Wildman–Crippen MR) is 71.6 cm³/mol. The van der Waals surface area contributed by atoms with Gasteiger partial charge < -0.3 is 13.3 Å². The summed E-state index contributed by atoms with van der Waals surface area (Å²) in [5.74, 6) is 1.87. The summed E-state index contributed by atoms with van der Waals surface area (Å²) in [6.07, 6.45) is 1.05. The molecule has 0 saturated heterocycles. The maximum Gasteiger partial charge on any atom is 0.573 e. The van der Waals surface area contributed by atoms with Crippen molar-refractivity contribution in [3.05, 3.63) is 0 Å². The molecule has 92 valence electrons. The van der Waals surface area contributed by atoms with Crippen molar-refractivity contribution in [1.82, 2.24) is 0 Å². The molecule has 0 amide bonds. The highest BCUT2D eigenvalue weighted by Crippen LogP contribution is 2.25. The molecule has 0 radical (unpaired) electrons. The van der Waals surface area contributed by atoms with Gasteiger partial charge in [-0.05, 0) is 38.7 Å². The Morgan fingerprint density at radius 1 is 1.00 bits per heavy atom. The normalized spacial score (nSPS) is 12.0. The van der Waals surface area contributed by atoms with Crippen LogP contribution >= 0.6 is 23.8 Å². The summed E-state index contributed by atoms with van der Waals surface area (Å²) in [4.78, 5) is 0. The van der Waals surface area contributed by atoms with E-state index in [4.69, 9.17) is 13.3 Å². The Morgan fingerprint density at radius 3 is 1.80 bits per heavy atom. The van der Waals surface area contributed by atoms with Crippen molar-refractivity contribution < 1.29 is 13.3 Å². The summed E-state index contributed by atoms with van der Waals surface area (Å²) >= 11 is 5.88. The van der Waals surface area contributed by atoms with Crippen molar-refractivity contribution in [3.8, 4) is 0 Å². The van der Waals surface area contributed by atoms with Crippen LogP contribution in [0.15, 0.2) is 0 Å². The van der Waals surface area contributed by atoms with E-state index in [0.29, 0.717) is 19.8 Å². The molecule has 0 N–H and O–H groups in total. The van der Waals surface area contributed by atoms with E-state index in [1.165, 1.54) is 0 Å². The molecule has 0 unspecified atom stereocenters. The van der Waals surface area contributed by atoms with Crippen LogP contribution in [-0.4, -0.2) is 39.3 Å². The molecule has 0 atom stereocenters. The van der Waals surface area contributed by atoms with Gasteiger partial charge in [0.1, 0.15) is 0 Å². The zero-order valence-electron chi connectivity index (χ0n) is 9.82. The van der Waals surface area contributed by atoms with Crippen molar-refractivity contribution in [1.29, 1.82) is 0 Å². The van der Waals surface area contributed by atoms with E-state index in [1.54, 1.807) is 11.2 Å². The van der Waals surface area contributed by atoms with E-state index in [0.717, 1.165) is 17.9 Å². The molecule has 3 nitrogen and oxygen atoms in total. The van der Waals surface area contributed by atoms with Gasteiger partial charge in [-0.1, -0.05) is 11.2 Å². The Labute approximate surface area is 104 Å². The fourth-order valence-electron chi connectivity index (χ4n) is 1.04. The third-order valence-electron chi connectivity index (χ3n) is 1.54. The molecule has 0 aliphatic heterocycles. The minimum absolute atomic E-state index is 0.639. The van der Waals surface area contributed by atoms with Gasteiger partial charge in [0.25, 0.3) is 0 Å². The molecule has 0 aromatic carbocycles. The first-order valence-electron chi connectivity index (χ1n) is 5.41. The zero-order valence-corrected chi connectivity index (χ0v) is 12.5. The Hall–Kier alpha value is 0.797. The summed E-state index contributed by atoms with van der Waals surface area (Å²) in [6.45, 7) is 7.83. The van der Waals surface area contributed by atoms with Gasteiger partial charge in [0.05, 0.1) is 0 Å². The number of hydrogen-bond acceptors (Lipinski definition) is 5. The third kappa shape index (κ3) is 6.86. The second-order valence-corrected chi connectivity index (χ2v) is 8.10. The summed E-state index contributed by atoms with van der Waals surface area (Å²) in [7, 11) is -2.45. The highest BCUT2D eigenvalue weighted by molar-refractivity contribution is 8.26. The van der Waals surface area contributed by atoms with Crippen molar-refractivity contribution in [2.24, 2.45) is 0 Å². The quantitative estimate of drug-likeness (QED) is 0.375. The zero-order chi connectivity index (χ0) is 11.6. The average molecular weight is 270 g/mol. The summed E-state index contributed by atoms with van der Waals surface area (Å²) < 4.78 is 17.1. The molecule has 0 fully saturated rings. The first kappa shape index (κ1) is 15.8. The first-order chi connectivity index (χ1) is 7.24. The van der Waals surface area contributed by atoms with Crippen LogP contribution in [0, 0.1) is 0 Å². The van der Waals surface area contributed by atoms with Crippen molar-refractivity contribution >= 4 is 31.8 Å². The minimum atomic E-state index is -2.45. The van der Waals surface area contributed by atoms with Crippen LogP contribution in [0.2, 0.25) is 0 Å². The fraction of sp³-hybridized carbons (Fsp3) is 1.00. The van der Waals surface area contributed by atoms with Crippen LogP contribution in [0.3, 0.4) is 0 Å². The molecule has 0 saturated carbocycles. The molecule has 0 bridgehead atoms. The van der Waals surface area contributed by atoms with E-state index in [2.05, 4.69) is 12.6 Å². The number of hydrogen-bond donors (Lipinski definition) is 1. The standard InChI is InChI=1S/C9H22O3S2Si/c1-4-10-15(11-5-2,12-6-3)14-9-7-8-13/h13H,4-9H2,1-3H3. The van der Waals surface area contributed by atoms with Crippen LogP contribution in [-0.2, 0) is 13.3 Å². The second-order valence-electron chi connectivity index (χ2n) is 2.72. The highest BCUT2D eigenvalue weighted by atomic mass is 32.4. The summed E-state index contributed by atoms with van der Waals surface area (Å²) in [5, 5.41) is 0. The summed E-state index contributed by atoms with van der Waals surface area (Å²) in [6, 6.07) is 0. The van der Waals surface area contributed by atoms with Crippen molar-refractivity contribution in [3.63, 3.8) is 0 Å². The smallest absolute Gasteiger partial charge is 0.366 e. The van der Waals surface area contributed by atoms with Crippen molar-refractivity contribution in [2.75, 3.05) is 31.3 Å². The monoisotopic (exact) mass is 270 g/mol. The Bertz CT molecular complexity index is 132. The number of thiol groups is 1. The molecule has 6 heteroatoms. The van der Waals surface area contributed by atoms with Gasteiger partial charge in [-0.3, -0.25) is 0 Å². The van der Waals surface area contributed by atoms with E-state index in [-0.39, 0.29) is 0 Å². The fourth-order valence-corrected chi connectivity index (χ4v) is 6.51. The van der Waals surface area contributed by atoms with Gasteiger partial charge in [0.2, 0.25) is 0 Å². The lowest BCUT2D eigenvalue weighted by Gasteiger charge is -2.27. The SMILES string of the molecule is CCO[Si](OCC)(OCC)SCCCS. The van der Waals surface area contributed by atoms with Crippen LogP contribution in [0.5, 0.6) is 0 Å². The van der Waals surface area contributed by atoms with Gasteiger partial charge >= 0.3 is 7.95 Å². The van der Waals surface area contributed by atoms with E-state index < -0.39 is 7.95 Å². The molecule has 15 heavy (non-hydrogen) atoms. The molecule has 0 spiro atoms. The maximum atomic E-state index is 5.69. The number of rotatable bonds is 10. The Morgan fingerprint density at radius 2 is 1.47 bits per heavy atom. The highest BCUT2D eigenvalue weighted by Gasteiger charge is 2.41.